The summed E-state index contributed by atoms with van der Waals surface area (Å²) < 4.78 is 0. The molecule has 0 spiro atoms. The second-order valence-electron chi connectivity index (χ2n) is 7.20. The van der Waals surface area contributed by atoms with Gasteiger partial charge in [0.2, 0.25) is 5.96 Å². The van der Waals surface area contributed by atoms with Gasteiger partial charge in [-0.25, -0.2) is 9.79 Å². The molecule has 6 nitrogen and oxygen atoms in total. The molecule has 0 aliphatic carbocycles. The predicted octanol–water partition coefficient (Wildman–Crippen LogP) is 3.85. The maximum Gasteiger partial charge on any atom is 0.326 e. The minimum atomic E-state index is -1.26. The smallest absolute Gasteiger partial charge is 0.307 e. The van der Waals surface area contributed by atoms with Crippen molar-refractivity contribution < 1.29 is 9.59 Å². The van der Waals surface area contributed by atoms with Crippen LogP contribution in [0.4, 0.5) is 10.5 Å². The van der Waals surface area contributed by atoms with E-state index in [1.165, 1.54) is 0 Å². The number of guanidine groups is 1. The van der Waals surface area contributed by atoms with Gasteiger partial charge in [0, 0.05) is 5.69 Å². The van der Waals surface area contributed by atoms with E-state index in [9.17, 15) is 9.59 Å². The van der Waals surface area contributed by atoms with Gasteiger partial charge in [-0.05, 0) is 36.1 Å². The Balaban J connectivity index is 1.67. The van der Waals surface area contributed by atoms with Gasteiger partial charge in [0.05, 0.1) is 0 Å². The lowest BCUT2D eigenvalue weighted by Gasteiger charge is -2.24. The number of para-hydroxylation sites is 1. The van der Waals surface area contributed by atoms with E-state index in [2.05, 4.69) is 20.9 Å². The molecule has 0 fully saturated rings. The number of carbonyl (C=O) groups excluding carboxylic acids is 2. The van der Waals surface area contributed by atoms with E-state index in [1.54, 1.807) is 0 Å². The number of nitrogens with one attached hydrogen (secondary N) is 3. The lowest BCUT2D eigenvalue weighted by atomic mass is 9.83. The van der Waals surface area contributed by atoms with Gasteiger partial charge in [-0.3, -0.25) is 15.4 Å². The normalized spacial score (nSPS) is 14.6. The van der Waals surface area contributed by atoms with Crippen molar-refractivity contribution >= 4 is 23.6 Å². The zero-order chi connectivity index (χ0) is 21.1. The van der Waals surface area contributed by atoms with E-state index in [0.717, 1.165) is 27.9 Å². The van der Waals surface area contributed by atoms with Gasteiger partial charge in [0.1, 0.15) is 0 Å². The minimum Gasteiger partial charge on any atom is -0.307 e. The lowest BCUT2D eigenvalue weighted by molar-refractivity contribution is -0.122. The average Bonchev–Trinajstić information content (AvgIpc) is 3.08. The van der Waals surface area contributed by atoms with Crippen LogP contribution in [0, 0.1) is 13.8 Å². The highest BCUT2D eigenvalue weighted by atomic mass is 16.2. The lowest BCUT2D eigenvalue weighted by Crippen LogP contribution is -2.44. The number of hydrogen-bond donors (Lipinski definition) is 3. The first kappa shape index (κ1) is 19.4. The topological polar surface area (TPSA) is 82.6 Å². The molecule has 4 rings (SSSR count). The first-order valence-corrected chi connectivity index (χ1v) is 9.67. The summed E-state index contributed by atoms with van der Waals surface area (Å²) in [5, 5.41) is 8.25. The fourth-order valence-corrected chi connectivity index (χ4v) is 3.68. The Hall–Kier alpha value is -3.93. The number of hydrogen-bond acceptors (Lipinski definition) is 3. The molecule has 150 valence electrons. The molecule has 30 heavy (non-hydrogen) atoms. The minimum absolute atomic E-state index is 0.108. The van der Waals surface area contributed by atoms with E-state index in [0.29, 0.717) is 0 Å². The van der Waals surface area contributed by atoms with Gasteiger partial charge in [0.25, 0.3) is 5.91 Å². The maximum atomic E-state index is 13.2. The van der Waals surface area contributed by atoms with Crippen LogP contribution in [-0.2, 0) is 10.3 Å². The summed E-state index contributed by atoms with van der Waals surface area (Å²) in [5.41, 5.74) is 2.82. The quantitative estimate of drug-likeness (QED) is 0.626. The van der Waals surface area contributed by atoms with Crippen LogP contribution in [0.1, 0.15) is 22.3 Å². The van der Waals surface area contributed by atoms with E-state index in [-0.39, 0.29) is 11.9 Å². The molecule has 3 aromatic carbocycles. The monoisotopic (exact) mass is 398 g/mol. The van der Waals surface area contributed by atoms with Gasteiger partial charge in [-0.2, -0.15) is 0 Å². The Labute approximate surface area is 175 Å². The highest BCUT2D eigenvalue weighted by molar-refractivity contribution is 6.14. The van der Waals surface area contributed by atoms with Crippen LogP contribution in [0.3, 0.4) is 0 Å². The number of rotatable bonds is 3. The Bertz CT molecular complexity index is 1060. The molecule has 0 atom stereocenters. The SMILES string of the molecule is Cc1cccc(C)c1NC(=O)NC1=NC(c2ccccc2)(c2ccccc2)C(=O)N1. The highest BCUT2D eigenvalue weighted by Crippen LogP contribution is 2.36. The third kappa shape index (κ3) is 3.43. The number of benzene rings is 3. The number of urea groups is 1. The summed E-state index contributed by atoms with van der Waals surface area (Å²) >= 11 is 0. The van der Waals surface area contributed by atoms with Crippen LogP contribution in [0.2, 0.25) is 0 Å². The molecule has 6 heteroatoms. The largest absolute Gasteiger partial charge is 0.326 e. The van der Waals surface area contributed by atoms with Crippen molar-refractivity contribution in [3.8, 4) is 0 Å². The third-order valence-corrected chi connectivity index (χ3v) is 5.17. The molecule has 3 aromatic rings. The summed E-state index contributed by atoms with van der Waals surface area (Å²) in [6, 6.07) is 24.0. The fourth-order valence-electron chi connectivity index (χ4n) is 3.68. The Morgan fingerprint density at radius 3 is 1.87 bits per heavy atom. The van der Waals surface area contributed by atoms with E-state index < -0.39 is 11.6 Å². The number of carbonyl (C=O) groups is 2. The highest BCUT2D eigenvalue weighted by Gasteiger charge is 2.47. The van der Waals surface area contributed by atoms with Gasteiger partial charge >= 0.3 is 6.03 Å². The number of aryl methyl sites for hydroxylation is 2. The van der Waals surface area contributed by atoms with Crippen molar-refractivity contribution in [2.45, 2.75) is 19.4 Å². The molecule has 0 saturated carbocycles. The summed E-state index contributed by atoms with van der Waals surface area (Å²) in [6.07, 6.45) is 0. The second kappa shape index (κ2) is 7.83. The molecule has 3 amide bonds. The number of amides is 3. The molecule has 3 N–H and O–H groups in total. The fraction of sp³-hybridized carbons (Fsp3) is 0.125. The van der Waals surface area contributed by atoms with Crippen LogP contribution < -0.4 is 16.0 Å². The molecule has 0 saturated heterocycles. The van der Waals surface area contributed by atoms with E-state index >= 15 is 0 Å². The van der Waals surface area contributed by atoms with E-state index in [1.807, 2.05) is 92.7 Å². The molecule has 1 aliphatic rings. The standard InChI is InChI=1S/C24H22N4O2/c1-16-10-9-11-17(2)20(16)25-23(30)27-22-26-21(29)24(28-22,18-12-5-3-6-13-18)19-14-7-4-8-15-19/h3-15H,1-2H3,(H3,25,26,27,28,29,30). The molecule has 1 heterocycles. The van der Waals surface area contributed by atoms with Crippen molar-refractivity contribution in [3.63, 3.8) is 0 Å². The van der Waals surface area contributed by atoms with Gasteiger partial charge < -0.3 is 5.32 Å². The summed E-state index contributed by atoms with van der Waals surface area (Å²) in [6.45, 7) is 3.85. The predicted molar refractivity (Wildman–Crippen MR) is 117 cm³/mol. The van der Waals surface area contributed by atoms with Crippen molar-refractivity contribution in [2.24, 2.45) is 4.99 Å². The Morgan fingerprint density at radius 2 is 1.33 bits per heavy atom. The molecule has 0 bridgehead atoms. The van der Waals surface area contributed by atoms with Crippen molar-refractivity contribution in [3.05, 3.63) is 101 Å². The number of aliphatic imine (C=N–C) groups is 1. The van der Waals surface area contributed by atoms with Crippen LogP contribution >= 0.6 is 0 Å². The van der Waals surface area contributed by atoms with E-state index in [4.69, 9.17) is 0 Å². The van der Waals surface area contributed by atoms with Crippen molar-refractivity contribution in [1.29, 1.82) is 0 Å². The Kier molecular flexibility index (Phi) is 5.06. The number of nitrogens with zero attached hydrogens (tertiary/aromatic N) is 1. The Morgan fingerprint density at radius 1 is 0.800 bits per heavy atom. The van der Waals surface area contributed by atoms with Crippen molar-refractivity contribution in [2.75, 3.05) is 5.32 Å². The molecular formula is C24H22N4O2. The number of anilines is 1. The maximum absolute atomic E-state index is 13.2. The molecule has 0 aromatic heterocycles. The molecular weight excluding hydrogens is 376 g/mol. The van der Waals surface area contributed by atoms with Crippen LogP contribution in [-0.4, -0.2) is 17.9 Å². The van der Waals surface area contributed by atoms with Crippen molar-refractivity contribution in [1.82, 2.24) is 10.6 Å². The van der Waals surface area contributed by atoms with Crippen LogP contribution in [0.15, 0.2) is 83.9 Å². The van der Waals surface area contributed by atoms with Gasteiger partial charge in [-0.1, -0.05) is 78.9 Å². The van der Waals surface area contributed by atoms with Gasteiger partial charge in [0.15, 0.2) is 5.54 Å². The second-order valence-corrected chi connectivity index (χ2v) is 7.20. The van der Waals surface area contributed by atoms with Gasteiger partial charge in [-0.15, -0.1) is 0 Å². The third-order valence-electron chi connectivity index (χ3n) is 5.17. The van der Waals surface area contributed by atoms with Crippen LogP contribution in [0.5, 0.6) is 0 Å². The summed E-state index contributed by atoms with van der Waals surface area (Å²) in [5.74, 6) is -0.210. The molecule has 0 unspecified atom stereocenters. The molecule has 1 aliphatic heterocycles. The first-order valence-electron chi connectivity index (χ1n) is 9.67. The average molecular weight is 398 g/mol. The first-order chi connectivity index (χ1) is 14.5. The zero-order valence-corrected chi connectivity index (χ0v) is 16.8. The molecule has 0 radical (unpaired) electrons. The summed E-state index contributed by atoms with van der Waals surface area (Å²) in [4.78, 5) is 30.4. The summed E-state index contributed by atoms with van der Waals surface area (Å²) in [7, 11) is 0. The van der Waals surface area contributed by atoms with Crippen LogP contribution in [0.25, 0.3) is 0 Å². The zero-order valence-electron chi connectivity index (χ0n) is 16.8.